The molecule has 0 heterocycles. The van der Waals surface area contributed by atoms with Crippen molar-refractivity contribution in [3.63, 3.8) is 0 Å². The number of nitrogens with two attached hydrogens (primary N) is 2. The Kier molecular flexibility index (Phi) is 5.77. The molecule has 1 aromatic rings. The lowest BCUT2D eigenvalue weighted by atomic mass is 9.87. The fraction of sp³-hybridized carbons (Fsp3) is 0.438. The third kappa shape index (κ3) is 5.89. The number of benzene rings is 1. The van der Waals surface area contributed by atoms with Gasteiger partial charge in [-0.2, -0.15) is 0 Å². The molecule has 5 N–H and O–H groups in total. The maximum Gasteiger partial charge on any atom is 0.186 e. The van der Waals surface area contributed by atoms with Gasteiger partial charge in [-0.15, -0.1) is 0 Å². The molecule has 1 rings (SSSR count). The van der Waals surface area contributed by atoms with Crippen LogP contribution in [0.1, 0.15) is 31.9 Å². The van der Waals surface area contributed by atoms with Crippen LogP contribution < -0.4 is 16.8 Å². The van der Waals surface area contributed by atoms with Crippen LogP contribution in [0.5, 0.6) is 0 Å². The van der Waals surface area contributed by atoms with E-state index in [2.05, 4.69) is 61.9 Å². The highest BCUT2D eigenvalue weighted by Crippen LogP contribution is 2.22. The van der Waals surface area contributed by atoms with E-state index in [1.165, 1.54) is 11.1 Å². The summed E-state index contributed by atoms with van der Waals surface area (Å²) >= 11 is 0. The van der Waals surface area contributed by atoms with E-state index in [1.807, 2.05) is 0 Å². The van der Waals surface area contributed by atoms with Crippen LogP contribution in [0.4, 0.5) is 0 Å². The summed E-state index contributed by atoms with van der Waals surface area (Å²) in [6, 6.07) is 8.69. The molecule has 0 spiro atoms. The molecule has 0 atom stereocenters. The van der Waals surface area contributed by atoms with Gasteiger partial charge in [-0.25, -0.2) is 4.99 Å². The summed E-state index contributed by atoms with van der Waals surface area (Å²) in [5.41, 5.74) is 14.3. The predicted octanol–water partition coefficient (Wildman–Crippen LogP) is 1.90. The van der Waals surface area contributed by atoms with Gasteiger partial charge in [0.25, 0.3) is 0 Å². The summed E-state index contributed by atoms with van der Waals surface area (Å²) in [5, 5.41) is 3.33. The molecule has 0 unspecified atom stereocenters. The minimum absolute atomic E-state index is 0.101. The standard InChI is InChI=1S/C16H26N4/c1-12(10-20-15(17)18)9-19-11-13-5-7-14(8-6-13)16(2,3)4/h5-8,19H,1,9-11H2,2-4H3,(H4,17,18,20). The summed E-state index contributed by atoms with van der Waals surface area (Å²) < 4.78 is 0. The van der Waals surface area contributed by atoms with E-state index in [0.717, 1.165) is 12.1 Å². The zero-order chi connectivity index (χ0) is 15.2. The van der Waals surface area contributed by atoms with Gasteiger partial charge in [-0.3, -0.25) is 0 Å². The number of guanidine groups is 1. The highest BCUT2D eigenvalue weighted by molar-refractivity contribution is 5.75. The van der Waals surface area contributed by atoms with Gasteiger partial charge in [0.1, 0.15) is 0 Å². The molecule has 1 aromatic carbocycles. The lowest BCUT2D eigenvalue weighted by Crippen LogP contribution is -2.24. The summed E-state index contributed by atoms with van der Waals surface area (Å²) in [7, 11) is 0. The number of nitrogens with one attached hydrogen (secondary N) is 1. The van der Waals surface area contributed by atoms with Crippen LogP contribution in [0.25, 0.3) is 0 Å². The van der Waals surface area contributed by atoms with Crippen molar-refractivity contribution in [1.29, 1.82) is 0 Å². The molecule has 0 aliphatic rings. The molecule has 0 radical (unpaired) electrons. The second-order valence-corrected chi connectivity index (χ2v) is 6.04. The van der Waals surface area contributed by atoms with E-state index >= 15 is 0 Å². The van der Waals surface area contributed by atoms with Crippen molar-refractivity contribution in [3.8, 4) is 0 Å². The third-order valence-corrected chi connectivity index (χ3v) is 3.01. The molecule has 0 aliphatic heterocycles. The Morgan fingerprint density at radius 1 is 1.20 bits per heavy atom. The van der Waals surface area contributed by atoms with Crippen LogP contribution in [0.3, 0.4) is 0 Å². The molecule has 0 amide bonds. The Labute approximate surface area is 122 Å². The van der Waals surface area contributed by atoms with Crippen molar-refractivity contribution in [1.82, 2.24) is 5.32 Å². The zero-order valence-corrected chi connectivity index (χ0v) is 12.7. The highest BCUT2D eigenvalue weighted by Gasteiger charge is 2.12. The van der Waals surface area contributed by atoms with E-state index in [-0.39, 0.29) is 11.4 Å². The molecular weight excluding hydrogens is 248 g/mol. The molecule has 0 bridgehead atoms. The van der Waals surface area contributed by atoms with Crippen LogP contribution in [-0.4, -0.2) is 19.0 Å². The van der Waals surface area contributed by atoms with E-state index in [0.29, 0.717) is 13.1 Å². The normalized spacial score (nSPS) is 11.2. The van der Waals surface area contributed by atoms with Gasteiger partial charge in [0, 0.05) is 13.1 Å². The first-order valence-corrected chi connectivity index (χ1v) is 6.81. The highest BCUT2D eigenvalue weighted by atomic mass is 15.0. The van der Waals surface area contributed by atoms with E-state index < -0.39 is 0 Å². The Morgan fingerprint density at radius 3 is 2.30 bits per heavy atom. The molecule has 20 heavy (non-hydrogen) atoms. The molecule has 4 nitrogen and oxygen atoms in total. The fourth-order valence-corrected chi connectivity index (χ4v) is 1.77. The summed E-state index contributed by atoms with van der Waals surface area (Å²) in [5.74, 6) is 0.101. The number of aliphatic imine (C=N–C) groups is 1. The summed E-state index contributed by atoms with van der Waals surface area (Å²) in [6.45, 7) is 12.6. The number of hydrogen-bond acceptors (Lipinski definition) is 2. The van der Waals surface area contributed by atoms with Crippen molar-refractivity contribution in [2.45, 2.75) is 32.7 Å². The van der Waals surface area contributed by atoms with Crippen LogP contribution >= 0.6 is 0 Å². The van der Waals surface area contributed by atoms with E-state index in [1.54, 1.807) is 0 Å². The van der Waals surface area contributed by atoms with Crippen molar-refractivity contribution in [3.05, 3.63) is 47.5 Å². The van der Waals surface area contributed by atoms with Crippen LogP contribution in [0.15, 0.2) is 41.4 Å². The molecule has 110 valence electrons. The number of hydrogen-bond donors (Lipinski definition) is 3. The minimum atomic E-state index is 0.101. The van der Waals surface area contributed by atoms with Gasteiger partial charge in [-0.05, 0) is 22.1 Å². The van der Waals surface area contributed by atoms with Crippen molar-refractivity contribution < 1.29 is 0 Å². The van der Waals surface area contributed by atoms with Crippen LogP contribution in [-0.2, 0) is 12.0 Å². The van der Waals surface area contributed by atoms with Gasteiger partial charge >= 0.3 is 0 Å². The largest absolute Gasteiger partial charge is 0.370 e. The molecular formula is C16H26N4. The average molecular weight is 274 g/mol. The minimum Gasteiger partial charge on any atom is -0.370 e. The van der Waals surface area contributed by atoms with Crippen LogP contribution in [0.2, 0.25) is 0 Å². The predicted molar refractivity (Wildman–Crippen MR) is 86.7 cm³/mol. The van der Waals surface area contributed by atoms with Gasteiger partial charge in [0.05, 0.1) is 6.54 Å². The van der Waals surface area contributed by atoms with Crippen molar-refractivity contribution in [2.75, 3.05) is 13.1 Å². The monoisotopic (exact) mass is 274 g/mol. The van der Waals surface area contributed by atoms with Crippen molar-refractivity contribution >= 4 is 5.96 Å². The summed E-state index contributed by atoms with van der Waals surface area (Å²) in [6.07, 6.45) is 0. The Morgan fingerprint density at radius 2 is 1.80 bits per heavy atom. The fourth-order valence-electron chi connectivity index (χ4n) is 1.77. The van der Waals surface area contributed by atoms with Crippen molar-refractivity contribution in [2.24, 2.45) is 16.5 Å². The van der Waals surface area contributed by atoms with Gasteiger partial charge in [-0.1, -0.05) is 51.6 Å². The maximum atomic E-state index is 5.28. The topological polar surface area (TPSA) is 76.4 Å². The van der Waals surface area contributed by atoms with E-state index in [9.17, 15) is 0 Å². The Hall–Kier alpha value is -1.81. The molecule has 0 aliphatic carbocycles. The molecule has 0 saturated carbocycles. The van der Waals surface area contributed by atoms with Gasteiger partial charge in [0.2, 0.25) is 0 Å². The lowest BCUT2D eigenvalue weighted by molar-refractivity contribution is 0.589. The van der Waals surface area contributed by atoms with Crippen LogP contribution in [0, 0.1) is 0 Å². The molecule has 4 heteroatoms. The smallest absolute Gasteiger partial charge is 0.186 e. The molecule has 0 aromatic heterocycles. The zero-order valence-electron chi connectivity index (χ0n) is 12.7. The Balaban J connectivity index is 2.39. The first-order chi connectivity index (χ1) is 9.29. The van der Waals surface area contributed by atoms with Gasteiger partial charge in [0.15, 0.2) is 5.96 Å². The van der Waals surface area contributed by atoms with E-state index in [4.69, 9.17) is 11.5 Å². The van der Waals surface area contributed by atoms with Gasteiger partial charge < -0.3 is 16.8 Å². The number of nitrogens with zero attached hydrogens (tertiary/aromatic N) is 1. The second-order valence-electron chi connectivity index (χ2n) is 6.04. The third-order valence-electron chi connectivity index (χ3n) is 3.01. The Bertz CT molecular complexity index is 462. The molecule has 0 fully saturated rings. The first kappa shape index (κ1) is 16.2. The maximum absolute atomic E-state index is 5.28. The summed E-state index contributed by atoms with van der Waals surface area (Å²) in [4.78, 5) is 3.92. The number of rotatable bonds is 6. The lowest BCUT2D eigenvalue weighted by Gasteiger charge is -2.19. The molecule has 0 saturated heterocycles. The first-order valence-electron chi connectivity index (χ1n) is 6.81. The second kappa shape index (κ2) is 7.10. The average Bonchev–Trinajstić information content (AvgIpc) is 2.36. The quantitative estimate of drug-likeness (QED) is 0.421. The SMILES string of the molecule is C=C(CN=C(N)N)CNCc1ccc(C(C)(C)C)cc1.